The number of carbonyl (C=O) groups is 2. The average Bonchev–Trinajstić information content (AvgIpc) is 2.87. The summed E-state index contributed by atoms with van der Waals surface area (Å²) in [5.41, 5.74) is 3.92. The fourth-order valence-electron chi connectivity index (χ4n) is 3.47. The summed E-state index contributed by atoms with van der Waals surface area (Å²) in [5, 5.41) is 10.7. The Kier molecular flexibility index (Phi) is 3.68. The summed E-state index contributed by atoms with van der Waals surface area (Å²) in [5.74, 6) is 0.0492. The summed E-state index contributed by atoms with van der Waals surface area (Å²) in [6.45, 7) is 1.98. The molecule has 1 aromatic carbocycles. The van der Waals surface area contributed by atoms with Gasteiger partial charge in [0.15, 0.2) is 6.61 Å². The number of hydrogen-bond acceptors (Lipinski definition) is 4. The fraction of sp³-hybridized carbons (Fsp3) is 0.353. The number of fused-ring (bicyclic) bond motifs is 2. The number of amides is 2. The van der Waals surface area contributed by atoms with Gasteiger partial charge in [-0.15, -0.1) is 0 Å². The van der Waals surface area contributed by atoms with Crippen molar-refractivity contribution in [2.24, 2.45) is 7.05 Å². The van der Waals surface area contributed by atoms with Crippen molar-refractivity contribution in [3.05, 3.63) is 34.1 Å². The maximum Gasteiger partial charge on any atom is 0.262 e. The van der Waals surface area contributed by atoms with E-state index in [2.05, 4.69) is 15.7 Å². The van der Waals surface area contributed by atoms with Crippen LogP contribution in [-0.2, 0) is 23.1 Å². The van der Waals surface area contributed by atoms with Gasteiger partial charge in [0, 0.05) is 36.7 Å². The number of carbonyl (C=O) groups excluding carboxylic acids is 2. The van der Waals surface area contributed by atoms with Crippen LogP contribution < -0.4 is 15.4 Å². The van der Waals surface area contributed by atoms with Crippen LogP contribution in [0.3, 0.4) is 0 Å². The Hall–Kier alpha value is -2.54. The molecule has 2 N–H and O–H groups in total. The Labute approximate surface area is 149 Å². The van der Waals surface area contributed by atoms with E-state index < -0.39 is 0 Å². The molecular weight excluding hydrogens is 344 g/mol. The van der Waals surface area contributed by atoms with Gasteiger partial charge in [0.1, 0.15) is 10.9 Å². The van der Waals surface area contributed by atoms with Gasteiger partial charge in [-0.1, -0.05) is 18.5 Å². The first kappa shape index (κ1) is 16.0. The van der Waals surface area contributed by atoms with E-state index in [1.807, 2.05) is 13.0 Å². The number of halogens is 1. The van der Waals surface area contributed by atoms with Crippen molar-refractivity contribution in [1.29, 1.82) is 0 Å². The van der Waals surface area contributed by atoms with Crippen LogP contribution in [0.1, 0.15) is 36.1 Å². The molecule has 7 nitrogen and oxygen atoms in total. The van der Waals surface area contributed by atoms with E-state index in [-0.39, 0.29) is 30.8 Å². The van der Waals surface area contributed by atoms with E-state index in [9.17, 15) is 9.59 Å². The molecule has 25 heavy (non-hydrogen) atoms. The highest BCUT2D eigenvalue weighted by atomic mass is 35.5. The number of nitrogens with zero attached hydrogens (tertiary/aromatic N) is 2. The molecule has 0 saturated carbocycles. The zero-order valence-electron chi connectivity index (χ0n) is 13.9. The van der Waals surface area contributed by atoms with Gasteiger partial charge < -0.3 is 15.4 Å². The quantitative estimate of drug-likeness (QED) is 0.861. The molecule has 1 atom stereocenters. The zero-order valence-corrected chi connectivity index (χ0v) is 14.6. The normalized spacial score (nSPS) is 18.8. The minimum atomic E-state index is -0.218. The molecule has 0 radical (unpaired) electrons. The van der Waals surface area contributed by atoms with E-state index in [1.54, 1.807) is 17.8 Å². The average molecular weight is 361 g/mol. The number of aromatic nitrogens is 2. The molecule has 2 aromatic rings. The third-order valence-electron chi connectivity index (χ3n) is 4.59. The van der Waals surface area contributed by atoms with Crippen LogP contribution in [0.25, 0.3) is 0 Å². The number of nitrogens with one attached hydrogen (secondary N) is 2. The lowest BCUT2D eigenvalue weighted by Gasteiger charge is -2.29. The third kappa shape index (κ3) is 2.55. The van der Waals surface area contributed by atoms with E-state index in [4.69, 9.17) is 16.3 Å². The first-order chi connectivity index (χ1) is 12.0. The van der Waals surface area contributed by atoms with Crippen molar-refractivity contribution in [1.82, 2.24) is 9.78 Å². The molecule has 8 heteroatoms. The van der Waals surface area contributed by atoms with Crippen molar-refractivity contribution >= 4 is 34.8 Å². The summed E-state index contributed by atoms with van der Waals surface area (Å²) in [6, 6.07) is 3.61. The van der Waals surface area contributed by atoms with Gasteiger partial charge in [-0.2, -0.15) is 5.10 Å². The summed E-state index contributed by atoms with van der Waals surface area (Å²) in [7, 11) is 1.79. The number of rotatable bonds is 2. The lowest BCUT2D eigenvalue weighted by molar-refractivity contribution is -0.119. The van der Waals surface area contributed by atoms with Crippen LogP contribution in [0.5, 0.6) is 5.75 Å². The summed E-state index contributed by atoms with van der Waals surface area (Å²) < 4.78 is 7.08. The largest absolute Gasteiger partial charge is 0.482 e. The predicted molar refractivity (Wildman–Crippen MR) is 93.3 cm³/mol. The van der Waals surface area contributed by atoms with Crippen molar-refractivity contribution in [2.75, 3.05) is 17.2 Å². The van der Waals surface area contributed by atoms with Gasteiger partial charge in [-0.3, -0.25) is 14.3 Å². The van der Waals surface area contributed by atoms with Gasteiger partial charge in [0.25, 0.3) is 5.91 Å². The number of aryl methyl sites for hydroxylation is 2. The highest BCUT2D eigenvalue weighted by molar-refractivity contribution is 6.30. The highest BCUT2D eigenvalue weighted by Gasteiger charge is 2.33. The number of anilines is 2. The SMILES string of the molecule is CCc1nn(C)c(Cl)c1C1CC(=O)Nc2cc3c(cc21)NC(=O)CO3. The van der Waals surface area contributed by atoms with Crippen LogP contribution >= 0.6 is 11.6 Å². The van der Waals surface area contributed by atoms with Crippen molar-refractivity contribution in [3.63, 3.8) is 0 Å². The number of benzene rings is 1. The standard InChI is InChI=1S/C17H17ClN4O3/c1-3-10-16(17(18)22(2)21-10)9-5-14(23)19-11-6-13-12(4-8(9)11)20-15(24)7-25-13/h4,6,9H,3,5,7H2,1-2H3,(H,19,23)(H,20,24). The molecule has 3 heterocycles. The molecule has 4 rings (SSSR count). The molecule has 0 saturated heterocycles. The van der Waals surface area contributed by atoms with Gasteiger partial charge in [-0.05, 0) is 18.1 Å². The second-order valence-corrected chi connectivity index (χ2v) is 6.56. The second-order valence-electron chi connectivity index (χ2n) is 6.21. The Balaban J connectivity index is 1.89. The molecule has 0 bridgehead atoms. The maximum absolute atomic E-state index is 12.3. The first-order valence-corrected chi connectivity index (χ1v) is 8.47. The number of hydrogen-bond donors (Lipinski definition) is 2. The second kappa shape index (κ2) is 5.77. The van der Waals surface area contributed by atoms with Crippen LogP contribution in [0.2, 0.25) is 5.15 Å². The molecular formula is C17H17ClN4O3. The lowest BCUT2D eigenvalue weighted by atomic mass is 9.84. The molecule has 0 aliphatic carbocycles. The molecule has 1 aromatic heterocycles. The molecule has 2 amide bonds. The third-order valence-corrected chi connectivity index (χ3v) is 5.04. The first-order valence-electron chi connectivity index (χ1n) is 8.09. The zero-order chi connectivity index (χ0) is 17.7. The number of ether oxygens (including phenoxy) is 1. The van der Waals surface area contributed by atoms with Crippen LogP contribution in [0, 0.1) is 0 Å². The summed E-state index contributed by atoms with van der Waals surface area (Å²) in [4.78, 5) is 23.9. The van der Waals surface area contributed by atoms with E-state index in [0.29, 0.717) is 28.7 Å². The van der Waals surface area contributed by atoms with Crippen LogP contribution in [0.15, 0.2) is 12.1 Å². The molecule has 1 unspecified atom stereocenters. The topological polar surface area (TPSA) is 85.3 Å². The van der Waals surface area contributed by atoms with Crippen LogP contribution in [-0.4, -0.2) is 28.2 Å². The Morgan fingerprint density at radius 1 is 1.28 bits per heavy atom. The molecule has 2 aliphatic rings. The Bertz CT molecular complexity index is 906. The maximum atomic E-state index is 12.3. The predicted octanol–water partition coefficient (Wildman–Crippen LogP) is 2.44. The minimum absolute atomic E-state index is 0.0302. The summed E-state index contributed by atoms with van der Waals surface area (Å²) >= 11 is 6.48. The Morgan fingerprint density at radius 2 is 2.04 bits per heavy atom. The monoisotopic (exact) mass is 360 g/mol. The van der Waals surface area contributed by atoms with E-state index in [1.165, 1.54) is 0 Å². The van der Waals surface area contributed by atoms with Crippen molar-refractivity contribution in [3.8, 4) is 5.75 Å². The molecule has 2 aliphatic heterocycles. The smallest absolute Gasteiger partial charge is 0.262 e. The molecule has 0 spiro atoms. The fourth-order valence-corrected chi connectivity index (χ4v) is 3.75. The van der Waals surface area contributed by atoms with Gasteiger partial charge in [0.05, 0.1) is 11.4 Å². The van der Waals surface area contributed by atoms with Crippen molar-refractivity contribution in [2.45, 2.75) is 25.7 Å². The van der Waals surface area contributed by atoms with Gasteiger partial charge in [-0.25, -0.2) is 0 Å². The molecule has 0 fully saturated rings. The molecule has 130 valence electrons. The van der Waals surface area contributed by atoms with Gasteiger partial charge in [0.2, 0.25) is 5.91 Å². The van der Waals surface area contributed by atoms with Crippen LogP contribution in [0.4, 0.5) is 11.4 Å². The van der Waals surface area contributed by atoms with E-state index >= 15 is 0 Å². The highest BCUT2D eigenvalue weighted by Crippen LogP contribution is 2.45. The van der Waals surface area contributed by atoms with E-state index in [0.717, 1.165) is 16.8 Å². The summed E-state index contributed by atoms with van der Waals surface area (Å²) in [6.07, 6.45) is 0.993. The lowest BCUT2D eigenvalue weighted by Crippen LogP contribution is -2.28. The van der Waals surface area contributed by atoms with Crippen molar-refractivity contribution < 1.29 is 14.3 Å². The minimum Gasteiger partial charge on any atom is -0.482 e. The Morgan fingerprint density at radius 3 is 2.80 bits per heavy atom. The van der Waals surface area contributed by atoms with Gasteiger partial charge >= 0.3 is 0 Å².